The number of rotatable bonds is 9. The van der Waals surface area contributed by atoms with Crippen LogP contribution in [0.1, 0.15) is 25.6 Å². The van der Waals surface area contributed by atoms with Crippen molar-refractivity contribution in [2.45, 2.75) is 43.6 Å². The second-order valence-corrected chi connectivity index (χ2v) is 11.6. The van der Waals surface area contributed by atoms with Gasteiger partial charge < -0.3 is 38.3 Å². The van der Waals surface area contributed by atoms with E-state index in [4.69, 9.17) is 28.3 Å². The maximum absolute atomic E-state index is 13.9. The Kier molecular flexibility index (Phi) is 8.09. The fourth-order valence-corrected chi connectivity index (χ4v) is 6.27. The molecule has 246 valence electrons. The lowest BCUT2D eigenvalue weighted by atomic mass is 9.90. The topological polar surface area (TPSA) is 145 Å². The molecular formula is C32H32F2N6O7. The van der Waals surface area contributed by atoms with Gasteiger partial charge in [0.1, 0.15) is 34.9 Å². The monoisotopic (exact) mass is 650 g/mol. The van der Waals surface area contributed by atoms with E-state index < -0.39 is 36.0 Å². The molecule has 3 fully saturated rings. The van der Waals surface area contributed by atoms with Crippen molar-refractivity contribution in [2.75, 3.05) is 49.8 Å². The predicted octanol–water partition coefficient (Wildman–Crippen LogP) is 4.24. The quantitative estimate of drug-likeness (QED) is 0.276. The molecule has 0 aliphatic carbocycles. The molecule has 4 aromatic rings. The van der Waals surface area contributed by atoms with Crippen LogP contribution in [0.15, 0.2) is 59.5 Å². The van der Waals surface area contributed by atoms with Crippen LogP contribution in [0.3, 0.4) is 0 Å². The molecule has 15 heteroatoms. The standard InChI is InChI=1S/C32H32F2N6O7/c1-18-32(16-44-17-32)46-9-7-39(18)23-10-20(19-5-6-35-27(11-19)43-2)14-36-30(23)47-21-12-24(31(41)42)40(15-21)26-13-22(25-4-3-8-45-25)37-29(38-26)28(33)34/h3-6,8,10-11,13-14,18,21,24,28H,7,9,12,15-17H2,1-2H3,(H,41,42)/t18-,21-,24-/m0/s1. The first-order valence-electron chi connectivity index (χ1n) is 15.1. The van der Waals surface area contributed by atoms with Crippen LogP contribution in [-0.2, 0) is 14.3 Å². The first kappa shape index (κ1) is 30.7. The number of hydrogen-bond donors (Lipinski definition) is 1. The number of furan rings is 1. The SMILES string of the molecule is COc1cc(-c2cnc(O[C@H]3C[C@@H](C(=O)O)N(c4cc(-c5ccco5)nc(C(F)F)n4)C3)c(N3CCOC4(COC4)[C@@H]3C)c2)ccn1. The van der Waals surface area contributed by atoms with Gasteiger partial charge in [-0.3, -0.25) is 0 Å². The Morgan fingerprint density at radius 2 is 1.98 bits per heavy atom. The molecule has 0 amide bonds. The van der Waals surface area contributed by atoms with Crippen LogP contribution < -0.4 is 19.3 Å². The number of anilines is 2. The third-order valence-corrected chi connectivity index (χ3v) is 8.88. The maximum atomic E-state index is 13.9. The Balaban J connectivity index is 1.23. The lowest BCUT2D eigenvalue weighted by Gasteiger charge is -2.53. The largest absolute Gasteiger partial charge is 0.481 e. The minimum atomic E-state index is -2.98. The number of morpholine rings is 1. The van der Waals surface area contributed by atoms with E-state index in [1.165, 1.54) is 17.2 Å². The molecular weight excluding hydrogens is 618 g/mol. The highest BCUT2D eigenvalue weighted by Crippen LogP contribution is 2.41. The maximum Gasteiger partial charge on any atom is 0.326 e. The number of carboxylic acid groups (broad SMARTS) is 1. The van der Waals surface area contributed by atoms with Crippen LogP contribution in [0.25, 0.3) is 22.6 Å². The molecule has 3 atom stereocenters. The summed E-state index contributed by atoms with van der Waals surface area (Å²) in [4.78, 5) is 33.0. The van der Waals surface area contributed by atoms with E-state index in [0.29, 0.717) is 43.8 Å². The Morgan fingerprint density at radius 1 is 1.13 bits per heavy atom. The summed E-state index contributed by atoms with van der Waals surface area (Å²) >= 11 is 0. The first-order chi connectivity index (χ1) is 22.7. The molecule has 47 heavy (non-hydrogen) atoms. The number of aliphatic carboxylic acids is 1. The van der Waals surface area contributed by atoms with Crippen molar-refractivity contribution in [2.24, 2.45) is 0 Å². The van der Waals surface area contributed by atoms with Crippen molar-refractivity contribution in [3.63, 3.8) is 0 Å². The number of pyridine rings is 2. The van der Waals surface area contributed by atoms with Gasteiger partial charge in [-0.05, 0) is 36.8 Å². The molecule has 0 aromatic carbocycles. The van der Waals surface area contributed by atoms with Crippen molar-refractivity contribution in [1.29, 1.82) is 0 Å². The van der Waals surface area contributed by atoms with Gasteiger partial charge in [-0.1, -0.05) is 0 Å². The van der Waals surface area contributed by atoms with E-state index in [-0.39, 0.29) is 36.3 Å². The summed E-state index contributed by atoms with van der Waals surface area (Å²) in [6, 6.07) is 9.08. The molecule has 1 N–H and O–H groups in total. The molecule has 0 bridgehead atoms. The molecule has 0 radical (unpaired) electrons. The normalized spacial score (nSPS) is 22.0. The van der Waals surface area contributed by atoms with E-state index in [1.54, 1.807) is 31.6 Å². The highest BCUT2D eigenvalue weighted by atomic mass is 19.3. The third kappa shape index (κ3) is 5.80. The smallest absolute Gasteiger partial charge is 0.326 e. The highest BCUT2D eigenvalue weighted by Gasteiger charge is 2.50. The van der Waals surface area contributed by atoms with Gasteiger partial charge >= 0.3 is 5.97 Å². The van der Waals surface area contributed by atoms with E-state index in [9.17, 15) is 18.7 Å². The molecule has 0 saturated carbocycles. The van der Waals surface area contributed by atoms with Crippen molar-refractivity contribution < 1.29 is 42.0 Å². The number of alkyl halides is 2. The first-order valence-corrected chi connectivity index (χ1v) is 15.1. The Labute approximate surface area is 268 Å². The fourth-order valence-electron chi connectivity index (χ4n) is 6.27. The molecule has 3 aliphatic rings. The van der Waals surface area contributed by atoms with Gasteiger partial charge in [-0.15, -0.1) is 0 Å². The molecule has 4 aromatic heterocycles. The van der Waals surface area contributed by atoms with E-state index in [0.717, 1.165) is 11.1 Å². The average molecular weight is 651 g/mol. The minimum Gasteiger partial charge on any atom is -0.481 e. The van der Waals surface area contributed by atoms with E-state index in [2.05, 4.69) is 26.8 Å². The van der Waals surface area contributed by atoms with Crippen LogP contribution >= 0.6 is 0 Å². The summed E-state index contributed by atoms with van der Waals surface area (Å²) in [6.07, 6.45) is 1.14. The van der Waals surface area contributed by atoms with Crippen LogP contribution in [-0.4, -0.2) is 94.8 Å². The Bertz CT molecular complexity index is 1760. The summed E-state index contributed by atoms with van der Waals surface area (Å²) in [6.45, 7) is 4.08. The predicted molar refractivity (Wildman–Crippen MR) is 163 cm³/mol. The number of halogens is 2. The molecule has 3 saturated heterocycles. The second-order valence-electron chi connectivity index (χ2n) is 11.6. The molecule has 0 unspecified atom stereocenters. The lowest BCUT2D eigenvalue weighted by molar-refractivity contribution is -0.228. The summed E-state index contributed by atoms with van der Waals surface area (Å²) < 4.78 is 56.6. The third-order valence-electron chi connectivity index (χ3n) is 8.88. The number of nitrogens with zero attached hydrogens (tertiary/aromatic N) is 6. The van der Waals surface area contributed by atoms with Crippen molar-refractivity contribution in [1.82, 2.24) is 19.9 Å². The van der Waals surface area contributed by atoms with Crippen molar-refractivity contribution in [3.8, 4) is 34.3 Å². The number of ether oxygens (including phenoxy) is 4. The van der Waals surface area contributed by atoms with Gasteiger partial charge in [0.2, 0.25) is 11.8 Å². The van der Waals surface area contributed by atoms with Crippen LogP contribution in [0.2, 0.25) is 0 Å². The van der Waals surface area contributed by atoms with Gasteiger partial charge in [-0.2, -0.15) is 0 Å². The molecule has 13 nitrogen and oxygen atoms in total. The number of methoxy groups -OCH3 is 1. The molecule has 1 spiro atoms. The molecule has 3 aliphatic heterocycles. The van der Waals surface area contributed by atoms with Crippen LogP contribution in [0.4, 0.5) is 20.3 Å². The van der Waals surface area contributed by atoms with Gasteiger partial charge in [-0.25, -0.2) is 33.5 Å². The average Bonchev–Trinajstić information content (AvgIpc) is 3.76. The minimum absolute atomic E-state index is 0.0316. The highest BCUT2D eigenvalue weighted by molar-refractivity contribution is 5.79. The Morgan fingerprint density at radius 3 is 2.68 bits per heavy atom. The zero-order valence-corrected chi connectivity index (χ0v) is 25.6. The van der Waals surface area contributed by atoms with Gasteiger partial charge in [0.25, 0.3) is 6.43 Å². The fraction of sp³-hybridized carbons (Fsp3) is 0.406. The number of aromatic nitrogens is 4. The Hall–Kier alpha value is -4.89. The van der Waals surface area contributed by atoms with Crippen molar-refractivity contribution >= 4 is 17.5 Å². The molecule has 7 rings (SSSR count). The van der Waals surface area contributed by atoms with Gasteiger partial charge in [0.05, 0.1) is 45.8 Å². The zero-order valence-electron chi connectivity index (χ0n) is 25.6. The van der Waals surface area contributed by atoms with E-state index in [1.807, 2.05) is 18.2 Å². The summed E-state index contributed by atoms with van der Waals surface area (Å²) in [7, 11) is 1.55. The zero-order chi connectivity index (χ0) is 32.7. The van der Waals surface area contributed by atoms with Crippen molar-refractivity contribution in [3.05, 3.63) is 60.9 Å². The summed E-state index contributed by atoms with van der Waals surface area (Å²) in [5, 5.41) is 10.2. The summed E-state index contributed by atoms with van der Waals surface area (Å²) in [5.41, 5.74) is 1.99. The van der Waals surface area contributed by atoms with Gasteiger partial charge in [0.15, 0.2) is 11.6 Å². The number of carbonyl (C=O) groups is 1. The summed E-state index contributed by atoms with van der Waals surface area (Å²) in [5.74, 6) is -0.826. The second kappa shape index (κ2) is 12.4. The lowest BCUT2D eigenvalue weighted by Crippen LogP contribution is -2.68. The van der Waals surface area contributed by atoms with E-state index >= 15 is 0 Å². The van der Waals surface area contributed by atoms with Crippen LogP contribution in [0, 0.1) is 0 Å². The molecule has 7 heterocycles. The van der Waals surface area contributed by atoms with Crippen LogP contribution in [0.5, 0.6) is 11.8 Å². The van der Waals surface area contributed by atoms with Gasteiger partial charge in [0, 0.05) is 43.1 Å². The number of carboxylic acids is 1. The number of hydrogen-bond acceptors (Lipinski definition) is 12.